The average molecular weight is 351 g/mol. The van der Waals surface area contributed by atoms with Gasteiger partial charge in [0.2, 0.25) is 5.91 Å². The third-order valence-electron chi connectivity index (χ3n) is 3.02. The summed E-state index contributed by atoms with van der Waals surface area (Å²) in [7, 11) is 0. The number of aryl methyl sites for hydroxylation is 1. The Kier molecular flexibility index (Phi) is 4.96. The van der Waals surface area contributed by atoms with E-state index in [9.17, 15) is 9.18 Å². The van der Waals surface area contributed by atoms with Gasteiger partial charge in [0.05, 0.1) is 5.69 Å². The Balaban J connectivity index is 2.00. The van der Waals surface area contributed by atoms with E-state index in [0.717, 1.165) is 11.3 Å². The van der Waals surface area contributed by atoms with Crippen molar-refractivity contribution in [2.24, 2.45) is 0 Å². The summed E-state index contributed by atoms with van der Waals surface area (Å²) in [5.41, 5.74) is 2.14. The quantitative estimate of drug-likeness (QED) is 0.861. The first-order valence-corrected chi connectivity index (χ1v) is 7.34. The molecule has 2 aromatic rings. The predicted octanol–water partition coefficient (Wildman–Crippen LogP) is 4.34. The summed E-state index contributed by atoms with van der Waals surface area (Å²) >= 11 is 3.19. The van der Waals surface area contributed by atoms with Crippen molar-refractivity contribution in [3.05, 3.63) is 58.3 Å². The molecule has 0 spiro atoms. The minimum Gasteiger partial charge on any atom is -0.372 e. The SMILES string of the molecule is Cc1ccc(NC(=O)C(C)Nc2ccc(Br)cc2F)cc1. The van der Waals surface area contributed by atoms with Crippen molar-refractivity contribution >= 4 is 33.2 Å². The maximum atomic E-state index is 13.7. The first-order valence-electron chi connectivity index (χ1n) is 6.55. The highest BCUT2D eigenvalue weighted by atomic mass is 79.9. The first kappa shape index (κ1) is 15.5. The van der Waals surface area contributed by atoms with Gasteiger partial charge in [0.15, 0.2) is 0 Å². The predicted molar refractivity (Wildman–Crippen MR) is 87.0 cm³/mol. The van der Waals surface area contributed by atoms with Gasteiger partial charge in [0, 0.05) is 10.2 Å². The van der Waals surface area contributed by atoms with Gasteiger partial charge < -0.3 is 10.6 Å². The minimum absolute atomic E-state index is 0.221. The molecule has 0 aliphatic carbocycles. The Morgan fingerprint density at radius 1 is 1.19 bits per heavy atom. The third-order valence-corrected chi connectivity index (χ3v) is 3.51. The molecule has 110 valence electrons. The van der Waals surface area contributed by atoms with E-state index in [1.54, 1.807) is 19.1 Å². The fourth-order valence-electron chi connectivity index (χ4n) is 1.79. The lowest BCUT2D eigenvalue weighted by molar-refractivity contribution is -0.116. The molecule has 1 amide bonds. The van der Waals surface area contributed by atoms with Gasteiger partial charge in [0.1, 0.15) is 11.9 Å². The van der Waals surface area contributed by atoms with Crippen molar-refractivity contribution in [3.8, 4) is 0 Å². The van der Waals surface area contributed by atoms with E-state index in [0.29, 0.717) is 10.2 Å². The molecule has 2 rings (SSSR count). The Morgan fingerprint density at radius 2 is 1.86 bits per heavy atom. The van der Waals surface area contributed by atoms with Crippen LogP contribution in [0.4, 0.5) is 15.8 Å². The van der Waals surface area contributed by atoms with Gasteiger partial charge in [-0.05, 0) is 44.2 Å². The second-order valence-electron chi connectivity index (χ2n) is 4.85. The molecule has 0 bridgehead atoms. The monoisotopic (exact) mass is 350 g/mol. The molecular formula is C16H16BrFN2O. The number of amides is 1. The number of carbonyl (C=O) groups excluding carboxylic acids is 1. The van der Waals surface area contributed by atoms with Gasteiger partial charge >= 0.3 is 0 Å². The van der Waals surface area contributed by atoms with Gasteiger partial charge in [-0.1, -0.05) is 33.6 Å². The molecular weight excluding hydrogens is 335 g/mol. The highest BCUT2D eigenvalue weighted by Crippen LogP contribution is 2.20. The van der Waals surface area contributed by atoms with Crippen LogP contribution in [0, 0.1) is 12.7 Å². The average Bonchev–Trinajstić information content (AvgIpc) is 2.44. The van der Waals surface area contributed by atoms with Gasteiger partial charge in [0.25, 0.3) is 0 Å². The molecule has 2 aromatic carbocycles. The van der Waals surface area contributed by atoms with E-state index < -0.39 is 11.9 Å². The molecule has 3 nitrogen and oxygen atoms in total. The fraction of sp³-hybridized carbons (Fsp3) is 0.188. The van der Waals surface area contributed by atoms with Crippen molar-refractivity contribution < 1.29 is 9.18 Å². The molecule has 0 heterocycles. The largest absolute Gasteiger partial charge is 0.372 e. The molecule has 0 saturated carbocycles. The van der Waals surface area contributed by atoms with Crippen LogP contribution in [-0.4, -0.2) is 11.9 Å². The Bertz CT molecular complexity index is 643. The summed E-state index contributed by atoms with van der Waals surface area (Å²) in [5, 5.41) is 5.65. The van der Waals surface area contributed by atoms with Crippen LogP contribution >= 0.6 is 15.9 Å². The van der Waals surface area contributed by atoms with Crippen LogP contribution in [0.5, 0.6) is 0 Å². The summed E-state index contributed by atoms with van der Waals surface area (Å²) in [4.78, 5) is 12.1. The second-order valence-corrected chi connectivity index (χ2v) is 5.76. The molecule has 1 unspecified atom stereocenters. The lowest BCUT2D eigenvalue weighted by Crippen LogP contribution is -2.32. The van der Waals surface area contributed by atoms with Gasteiger partial charge in [-0.3, -0.25) is 4.79 Å². The Morgan fingerprint density at radius 3 is 2.48 bits per heavy atom. The molecule has 5 heteroatoms. The molecule has 21 heavy (non-hydrogen) atoms. The zero-order valence-corrected chi connectivity index (χ0v) is 13.4. The van der Waals surface area contributed by atoms with Crippen molar-refractivity contribution in [2.75, 3.05) is 10.6 Å². The van der Waals surface area contributed by atoms with Gasteiger partial charge in [-0.25, -0.2) is 4.39 Å². The maximum Gasteiger partial charge on any atom is 0.246 e. The van der Waals surface area contributed by atoms with Crippen molar-refractivity contribution in [2.45, 2.75) is 19.9 Å². The molecule has 1 atom stereocenters. The van der Waals surface area contributed by atoms with E-state index >= 15 is 0 Å². The number of carbonyl (C=O) groups is 1. The smallest absolute Gasteiger partial charge is 0.246 e. The standard InChI is InChI=1S/C16H16BrFN2O/c1-10-3-6-13(7-4-10)20-16(21)11(2)19-15-8-5-12(17)9-14(15)18/h3-9,11,19H,1-2H3,(H,20,21). The lowest BCUT2D eigenvalue weighted by atomic mass is 10.2. The van der Waals surface area contributed by atoms with Crippen molar-refractivity contribution in [3.63, 3.8) is 0 Å². The summed E-state index contributed by atoms with van der Waals surface area (Å²) in [6, 6.07) is 11.6. The lowest BCUT2D eigenvalue weighted by Gasteiger charge is -2.16. The summed E-state index contributed by atoms with van der Waals surface area (Å²) < 4.78 is 14.4. The number of hydrogen-bond acceptors (Lipinski definition) is 2. The van der Waals surface area contributed by atoms with E-state index in [1.807, 2.05) is 31.2 Å². The first-order chi connectivity index (χ1) is 9.95. The number of halogens is 2. The summed E-state index contributed by atoms with van der Waals surface area (Å²) in [6.07, 6.45) is 0. The van der Waals surface area contributed by atoms with Crippen LogP contribution in [-0.2, 0) is 4.79 Å². The van der Waals surface area contributed by atoms with E-state index in [-0.39, 0.29) is 5.91 Å². The fourth-order valence-corrected chi connectivity index (χ4v) is 2.13. The van der Waals surface area contributed by atoms with Crippen LogP contribution in [0.1, 0.15) is 12.5 Å². The number of rotatable bonds is 4. The number of anilines is 2. The molecule has 0 fully saturated rings. The zero-order valence-electron chi connectivity index (χ0n) is 11.8. The van der Waals surface area contributed by atoms with Crippen LogP contribution in [0.2, 0.25) is 0 Å². The van der Waals surface area contributed by atoms with Crippen LogP contribution in [0.25, 0.3) is 0 Å². The number of hydrogen-bond donors (Lipinski definition) is 2. The molecule has 0 aliphatic heterocycles. The maximum absolute atomic E-state index is 13.7. The van der Waals surface area contributed by atoms with Crippen LogP contribution in [0.3, 0.4) is 0 Å². The molecule has 0 radical (unpaired) electrons. The second kappa shape index (κ2) is 6.72. The third kappa shape index (κ3) is 4.29. The van der Waals surface area contributed by atoms with E-state index in [4.69, 9.17) is 0 Å². The summed E-state index contributed by atoms with van der Waals surface area (Å²) in [5.74, 6) is -0.625. The van der Waals surface area contributed by atoms with E-state index in [1.165, 1.54) is 6.07 Å². The molecule has 0 saturated heterocycles. The van der Waals surface area contributed by atoms with Crippen molar-refractivity contribution in [1.29, 1.82) is 0 Å². The van der Waals surface area contributed by atoms with Crippen LogP contribution < -0.4 is 10.6 Å². The normalized spacial score (nSPS) is 11.8. The molecule has 0 aromatic heterocycles. The molecule has 2 N–H and O–H groups in total. The Labute approximate surface area is 131 Å². The van der Waals surface area contributed by atoms with Gasteiger partial charge in [-0.2, -0.15) is 0 Å². The number of nitrogens with one attached hydrogen (secondary N) is 2. The highest BCUT2D eigenvalue weighted by molar-refractivity contribution is 9.10. The van der Waals surface area contributed by atoms with Crippen LogP contribution in [0.15, 0.2) is 46.9 Å². The summed E-state index contributed by atoms with van der Waals surface area (Å²) in [6.45, 7) is 3.66. The minimum atomic E-state index is -0.554. The van der Waals surface area contributed by atoms with Crippen molar-refractivity contribution in [1.82, 2.24) is 0 Å². The number of benzene rings is 2. The Hall–Kier alpha value is -1.88. The topological polar surface area (TPSA) is 41.1 Å². The zero-order chi connectivity index (χ0) is 15.4. The van der Waals surface area contributed by atoms with Gasteiger partial charge in [-0.15, -0.1) is 0 Å². The van der Waals surface area contributed by atoms with E-state index in [2.05, 4.69) is 26.6 Å². The highest BCUT2D eigenvalue weighted by Gasteiger charge is 2.14. The molecule has 0 aliphatic rings.